The summed E-state index contributed by atoms with van der Waals surface area (Å²) in [4.78, 5) is 30.0. The zero-order chi connectivity index (χ0) is 23.2. The van der Waals surface area contributed by atoms with Crippen LogP contribution in [-0.2, 0) is 11.3 Å². The third kappa shape index (κ3) is 3.81. The summed E-state index contributed by atoms with van der Waals surface area (Å²) in [6.45, 7) is 4.69. The molecule has 0 radical (unpaired) electrons. The van der Waals surface area contributed by atoms with Gasteiger partial charge in [-0.2, -0.15) is 0 Å². The minimum atomic E-state index is -0.924. The van der Waals surface area contributed by atoms with Crippen LogP contribution in [0.15, 0.2) is 24.3 Å². The number of carbonyl (C=O) groups is 2. The van der Waals surface area contributed by atoms with Crippen LogP contribution < -0.4 is 10.1 Å². The van der Waals surface area contributed by atoms with Crippen LogP contribution in [-0.4, -0.2) is 46.0 Å². The van der Waals surface area contributed by atoms with Crippen molar-refractivity contribution < 1.29 is 14.3 Å². The molecule has 2 amide bonds. The average molecular weight is 452 g/mol. The summed E-state index contributed by atoms with van der Waals surface area (Å²) in [6.07, 6.45) is 10.0. The highest BCUT2D eigenvalue weighted by Gasteiger charge is 2.51. The average Bonchev–Trinajstić information content (AvgIpc) is 3.18. The lowest BCUT2D eigenvalue weighted by Gasteiger charge is -2.51. The van der Waals surface area contributed by atoms with E-state index in [0.717, 1.165) is 61.6 Å². The van der Waals surface area contributed by atoms with Crippen molar-refractivity contribution in [3.05, 3.63) is 30.0 Å². The molecular formula is C27H37N3O3. The maximum Gasteiger partial charge on any atom is 0.271 e. The van der Waals surface area contributed by atoms with Gasteiger partial charge in [-0.05, 0) is 56.7 Å². The zero-order valence-electron chi connectivity index (χ0n) is 20.2. The number of ether oxygens (including phenoxy) is 1. The van der Waals surface area contributed by atoms with E-state index in [2.05, 4.69) is 12.2 Å². The fourth-order valence-corrected chi connectivity index (χ4v) is 6.41. The number of fused-ring (bicyclic) bond motifs is 3. The smallest absolute Gasteiger partial charge is 0.271 e. The lowest BCUT2D eigenvalue weighted by Crippen LogP contribution is -2.68. The molecule has 2 saturated carbocycles. The Hall–Kier alpha value is -2.50. The number of hydrogen-bond donors (Lipinski definition) is 1. The number of carbonyl (C=O) groups excluding carboxylic acids is 2. The summed E-state index contributed by atoms with van der Waals surface area (Å²) in [5.41, 5.74) is 0.706. The highest BCUT2D eigenvalue weighted by Crippen LogP contribution is 2.40. The molecule has 33 heavy (non-hydrogen) atoms. The number of amides is 2. The lowest BCUT2D eigenvalue weighted by molar-refractivity contribution is -0.136. The summed E-state index contributed by atoms with van der Waals surface area (Å²) >= 11 is 0. The van der Waals surface area contributed by atoms with Crippen LogP contribution in [0.4, 0.5) is 0 Å². The predicted octanol–water partition coefficient (Wildman–Crippen LogP) is 4.89. The monoisotopic (exact) mass is 451 g/mol. The van der Waals surface area contributed by atoms with Crippen molar-refractivity contribution in [2.75, 3.05) is 7.11 Å². The van der Waals surface area contributed by atoms with E-state index >= 15 is 0 Å². The van der Waals surface area contributed by atoms with E-state index in [9.17, 15) is 9.59 Å². The van der Waals surface area contributed by atoms with Gasteiger partial charge in [-0.1, -0.05) is 39.0 Å². The first-order valence-electron chi connectivity index (χ1n) is 12.7. The van der Waals surface area contributed by atoms with E-state index in [1.165, 1.54) is 12.8 Å². The van der Waals surface area contributed by atoms with E-state index in [1.54, 1.807) is 7.11 Å². The summed E-state index contributed by atoms with van der Waals surface area (Å²) in [6, 6.07) is 8.19. The minimum absolute atomic E-state index is 0.00378. The number of methoxy groups -OCH3 is 1. The Labute approximate surface area is 196 Å². The molecule has 1 N–H and O–H groups in total. The van der Waals surface area contributed by atoms with E-state index in [1.807, 2.05) is 40.7 Å². The number of nitrogens with one attached hydrogen (secondary N) is 1. The molecule has 6 nitrogen and oxygen atoms in total. The van der Waals surface area contributed by atoms with Gasteiger partial charge in [0.05, 0.1) is 19.2 Å². The second kappa shape index (κ2) is 8.69. The summed E-state index contributed by atoms with van der Waals surface area (Å²) in [5.74, 6) is 1.13. The fourth-order valence-electron chi connectivity index (χ4n) is 6.41. The molecule has 0 unspecified atom stereocenters. The summed E-state index contributed by atoms with van der Waals surface area (Å²) in [7, 11) is 1.65. The quantitative estimate of drug-likeness (QED) is 0.720. The van der Waals surface area contributed by atoms with Gasteiger partial charge in [-0.15, -0.1) is 0 Å². The number of rotatable bonds is 4. The molecule has 2 aromatic rings. The van der Waals surface area contributed by atoms with Crippen LogP contribution in [0.3, 0.4) is 0 Å². The predicted molar refractivity (Wildman–Crippen MR) is 130 cm³/mol. The van der Waals surface area contributed by atoms with Gasteiger partial charge in [0.25, 0.3) is 5.91 Å². The van der Waals surface area contributed by atoms with Crippen molar-refractivity contribution in [1.82, 2.24) is 14.8 Å². The van der Waals surface area contributed by atoms with Gasteiger partial charge in [0.15, 0.2) is 0 Å². The third-order valence-electron chi connectivity index (χ3n) is 8.37. The molecule has 1 aromatic carbocycles. The molecule has 3 atom stereocenters. The molecule has 0 bridgehead atoms. The van der Waals surface area contributed by atoms with Crippen molar-refractivity contribution in [2.24, 2.45) is 5.92 Å². The van der Waals surface area contributed by atoms with Crippen molar-refractivity contribution in [2.45, 2.75) is 95.8 Å². The molecule has 5 rings (SSSR count). The number of benzene rings is 1. The van der Waals surface area contributed by atoms with Gasteiger partial charge in [0, 0.05) is 23.5 Å². The van der Waals surface area contributed by atoms with Crippen molar-refractivity contribution >= 4 is 22.7 Å². The first-order chi connectivity index (χ1) is 15.9. The van der Waals surface area contributed by atoms with Gasteiger partial charge in [0.1, 0.15) is 17.0 Å². The molecule has 0 saturated heterocycles. The second-order valence-corrected chi connectivity index (χ2v) is 10.6. The van der Waals surface area contributed by atoms with Crippen LogP contribution in [0.1, 0.15) is 82.1 Å². The Bertz CT molecular complexity index is 1050. The molecule has 1 aromatic heterocycles. The summed E-state index contributed by atoms with van der Waals surface area (Å²) in [5, 5.41) is 4.36. The van der Waals surface area contributed by atoms with Gasteiger partial charge in [0.2, 0.25) is 5.91 Å². The first kappa shape index (κ1) is 22.3. The van der Waals surface area contributed by atoms with Crippen molar-refractivity contribution in [3.63, 3.8) is 0 Å². The highest BCUT2D eigenvalue weighted by atomic mass is 16.5. The maximum atomic E-state index is 14.1. The fraction of sp³-hybridized carbons (Fsp3) is 0.630. The van der Waals surface area contributed by atoms with E-state index in [0.29, 0.717) is 18.2 Å². The van der Waals surface area contributed by atoms with E-state index in [-0.39, 0.29) is 23.9 Å². The van der Waals surface area contributed by atoms with Crippen molar-refractivity contribution in [3.8, 4) is 5.75 Å². The Morgan fingerprint density at radius 3 is 2.52 bits per heavy atom. The van der Waals surface area contributed by atoms with Crippen LogP contribution in [0.25, 0.3) is 10.9 Å². The summed E-state index contributed by atoms with van der Waals surface area (Å²) < 4.78 is 7.50. The largest absolute Gasteiger partial charge is 0.497 e. The van der Waals surface area contributed by atoms with Crippen LogP contribution in [0, 0.1) is 5.92 Å². The number of aromatic nitrogens is 1. The van der Waals surface area contributed by atoms with Gasteiger partial charge in [-0.3, -0.25) is 9.59 Å². The molecule has 178 valence electrons. The lowest BCUT2D eigenvalue weighted by atomic mass is 9.80. The molecule has 1 aliphatic heterocycles. The van der Waals surface area contributed by atoms with E-state index in [4.69, 9.17) is 4.74 Å². The maximum absolute atomic E-state index is 14.1. The molecule has 2 fully saturated rings. The first-order valence-corrected chi connectivity index (χ1v) is 12.7. The van der Waals surface area contributed by atoms with E-state index < -0.39 is 5.54 Å². The minimum Gasteiger partial charge on any atom is -0.497 e. The molecule has 2 heterocycles. The van der Waals surface area contributed by atoms with Gasteiger partial charge >= 0.3 is 0 Å². The van der Waals surface area contributed by atoms with Gasteiger partial charge in [-0.25, -0.2) is 0 Å². The highest BCUT2D eigenvalue weighted by molar-refractivity contribution is 6.04. The standard InChI is InChI=1S/C27H37N3O3/c1-18-9-7-8-12-22(18)30-25(31)24-15-19-13-14-21(33-3)16-23(19)29(24)17-27(30,2)26(32)28-20-10-5-4-6-11-20/h13-16,18,20,22H,4-12,17H2,1-3H3,(H,28,32)/t18-,22+,27-/m1/s1. The van der Waals surface area contributed by atoms with Crippen molar-refractivity contribution in [1.29, 1.82) is 0 Å². The third-order valence-corrected chi connectivity index (χ3v) is 8.37. The SMILES string of the molecule is COc1ccc2cc3n(c2c1)C[C@](C)(C(=O)NC1CCCCC1)N([C@H]1CCCC[C@H]1C)C3=O. The molecule has 3 aliphatic rings. The topological polar surface area (TPSA) is 63.6 Å². The second-order valence-electron chi connectivity index (χ2n) is 10.6. The normalized spacial score (nSPS) is 28.6. The van der Waals surface area contributed by atoms with Crippen LogP contribution in [0.2, 0.25) is 0 Å². The molecule has 0 spiro atoms. The molecule has 6 heteroatoms. The Morgan fingerprint density at radius 1 is 1.06 bits per heavy atom. The number of hydrogen-bond acceptors (Lipinski definition) is 3. The van der Waals surface area contributed by atoms with Crippen LogP contribution >= 0.6 is 0 Å². The molecule has 2 aliphatic carbocycles. The Kier molecular flexibility index (Phi) is 5.87. The Morgan fingerprint density at radius 2 is 1.79 bits per heavy atom. The number of nitrogens with zero attached hydrogens (tertiary/aromatic N) is 2. The molecular weight excluding hydrogens is 414 g/mol. The van der Waals surface area contributed by atoms with Gasteiger partial charge < -0.3 is 19.5 Å². The van der Waals surface area contributed by atoms with Crippen LogP contribution in [0.5, 0.6) is 5.75 Å². The Balaban J connectivity index is 1.58. The zero-order valence-corrected chi connectivity index (χ0v) is 20.2.